The van der Waals surface area contributed by atoms with Crippen LogP contribution in [-0.4, -0.2) is 62.8 Å². The van der Waals surface area contributed by atoms with Gasteiger partial charge < -0.3 is 9.47 Å². The highest BCUT2D eigenvalue weighted by atomic mass is 16.2. The quantitative estimate of drug-likeness (QED) is 0.694. The lowest BCUT2D eigenvalue weighted by molar-refractivity contribution is -0.135. The number of fused-ring (bicyclic) bond motifs is 3. The SMILES string of the molecule is CCCN1CCN(C(=O)C(C)n2c3ccccc3c3cnn(C)c(=O)c32)CC1. The Morgan fingerprint density at radius 1 is 1.14 bits per heavy atom. The Bertz CT molecular complexity index is 1080. The van der Waals surface area contributed by atoms with Gasteiger partial charge in [0.1, 0.15) is 11.6 Å². The van der Waals surface area contributed by atoms with Gasteiger partial charge in [-0.15, -0.1) is 0 Å². The number of aromatic nitrogens is 3. The van der Waals surface area contributed by atoms with Gasteiger partial charge in [0.25, 0.3) is 5.56 Å². The maximum atomic E-state index is 13.3. The van der Waals surface area contributed by atoms with Gasteiger partial charge in [0, 0.05) is 44.0 Å². The van der Waals surface area contributed by atoms with Gasteiger partial charge in [-0.1, -0.05) is 25.1 Å². The van der Waals surface area contributed by atoms with Crippen molar-refractivity contribution >= 4 is 27.7 Å². The molecular formula is C21H27N5O2. The first kappa shape index (κ1) is 18.7. The summed E-state index contributed by atoms with van der Waals surface area (Å²) >= 11 is 0. The molecular weight excluding hydrogens is 354 g/mol. The maximum Gasteiger partial charge on any atom is 0.291 e. The molecule has 0 radical (unpaired) electrons. The Labute approximate surface area is 164 Å². The van der Waals surface area contributed by atoms with Crippen molar-refractivity contribution in [2.75, 3.05) is 32.7 Å². The lowest BCUT2D eigenvalue weighted by Gasteiger charge is -2.36. The topological polar surface area (TPSA) is 63.4 Å². The first-order valence-electron chi connectivity index (χ1n) is 9.99. The second kappa shape index (κ2) is 7.39. The van der Waals surface area contributed by atoms with Gasteiger partial charge in [-0.3, -0.25) is 14.5 Å². The fraction of sp³-hybridized carbons (Fsp3) is 0.476. The zero-order valence-electron chi connectivity index (χ0n) is 16.8. The number of carbonyl (C=O) groups is 1. The molecule has 0 bridgehead atoms. The normalized spacial score (nSPS) is 16.8. The van der Waals surface area contributed by atoms with E-state index in [-0.39, 0.29) is 11.5 Å². The third-order valence-corrected chi connectivity index (χ3v) is 5.77. The van der Waals surface area contributed by atoms with Crippen molar-refractivity contribution in [2.24, 2.45) is 7.05 Å². The summed E-state index contributed by atoms with van der Waals surface area (Å²) in [6.45, 7) is 8.44. The van der Waals surface area contributed by atoms with E-state index < -0.39 is 6.04 Å². The van der Waals surface area contributed by atoms with Crippen molar-refractivity contribution in [2.45, 2.75) is 26.3 Å². The Morgan fingerprint density at radius 3 is 2.57 bits per heavy atom. The summed E-state index contributed by atoms with van der Waals surface area (Å²) in [5.74, 6) is 0.0673. The molecule has 28 heavy (non-hydrogen) atoms. The fourth-order valence-corrected chi connectivity index (χ4v) is 4.27. The van der Waals surface area contributed by atoms with Crippen LogP contribution in [0.2, 0.25) is 0 Å². The molecule has 7 heteroatoms. The van der Waals surface area contributed by atoms with E-state index in [2.05, 4.69) is 16.9 Å². The van der Waals surface area contributed by atoms with E-state index in [4.69, 9.17) is 0 Å². The average Bonchev–Trinajstić information content (AvgIpc) is 3.05. The molecule has 7 nitrogen and oxygen atoms in total. The van der Waals surface area contributed by atoms with Gasteiger partial charge >= 0.3 is 0 Å². The number of carbonyl (C=O) groups excluding carboxylic acids is 1. The summed E-state index contributed by atoms with van der Waals surface area (Å²) in [5.41, 5.74) is 1.26. The number of nitrogens with zero attached hydrogens (tertiary/aromatic N) is 5. The minimum absolute atomic E-state index is 0.0673. The van der Waals surface area contributed by atoms with Crippen LogP contribution < -0.4 is 5.56 Å². The van der Waals surface area contributed by atoms with E-state index in [9.17, 15) is 9.59 Å². The van der Waals surface area contributed by atoms with Gasteiger partial charge in [0.05, 0.1) is 11.7 Å². The molecule has 0 aliphatic carbocycles. The molecule has 1 saturated heterocycles. The van der Waals surface area contributed by atoms with Crippen LogP contribution >= 0.6 is 0 Å². The van der Waals surface area contributed by atoms with E-state index >= 15 is 0 Å². The molecule has 4 rings (SSSR count). The molecule has 0 spiro atoms. The number of amides is 1. The summed E-state index contributed by atoms with van der Waals surface area (Å²) in [5, 5.41) is 5.93. The van der Waals surface area contributed by atoms with Crippen LogP contribution in [0.25, 0.3) is 21.8 Å². The molecule has 1 aliphatic heterocycles. The average molecular weight is 381 g/mol. The summed E-state index contributed by atoms with van der Waals surface area (Å²) in [4.78, 5) is 30.5. The van der Waals surface area contributed by atoms with Gasteiger partial charge in [-0.2, -0.15) is 5.10 Å². The van der Waals surface area contributed by atoms with Crippen molar-refractivity contribution in [1.29, 1.82) is 0 Å². The zero-order valence-corrected chi connectivity index (χ0v) is 16.8. The van der Waals surface area contributed by atoms with E-state index in [0.29, 0.717) is 5.52 Å². The van der Waals surface area contributed by atoms with E-state index in [1.165, 1.54) is 4.68 Å². The number of benzene rings is 1. The van der Waals surface area contributed by atoms with Crippen LogP contribution in [0.1, 0.15) is 26.3 Å². The third-order valence-electron chi connectivity index (χ3n) is 5.77. The molecule has 1 aliphatic rings. The van der Waals surface area contributed by atoms with Crippen molar-refractivity contribution in [3.63, 3.8) is 0 Å². The number of para-hydroxylation sites is 1. The molecule has 3 heterocycles. The van der Waals surface area contributed by atoms with E-state index in [1.807, 2.05) is 40.7 Å². The molecule has 0 saturated carbocycles. The van der Waals surface area contributed by atoms with E-state index in [0.717, 1.165) is 55.4 Å². The van der Waals surface area contributed by atoms with Crippen molar-refractivity contribution in [1.82, 2.24) is 24.1 Å². The number of piperazine rings is 1. The first-order valence-corrected chi connectivity index (χ1v) is 9.99. The number of hydrogen-bond acceptors (Lipinski definition) is 4. The smallest absolute Gasteiger partial charge is 0.291 e. The van der Waals surface area contributed by atoms with Gasteiger partial charge in [0.15, 0.2) is 0 Å². The summed E-state index contributed by atoms with van der Waals surface area (Å²) < 4.78 is 3.23. The van der Waals surface area contributed by atoms with Crippen molar-refractivity contribution in [3.05, 3.63) is 40.8 Å². The Balaban J connectivity index is 1.74. The fourth-order valence-electron chi connectivity index (χ4n) is 4.27. The van der Waals surface area contributed by atoms with Crippen LogP contribution in [0.4, 0.5) is 0 Å². The standard InChI is InChI=1S/C21H27N5O2/c1-4-9-24-10-12-25(13-11-24)20(27)15(2)26-18-8-6-5-7-16(18)17-14-22-23(3)21(28)19(17)26/h5-8,14-15H,4,9-13H2,1-3H3. The number of hydrogen-bond donors (Lipinski definition) is 0. The summed E-state index contributed by atoms with van der Waals surface area (Å²) in [6, 6.07) is 7.39. The second-order valence-electron chi connectivity index (χ2n) is 7.57. The van der Waals surface area contributed by atoms with Gasteiger partial charge in [0.2, 0.25) is 5.91 Å². The predicted octanol–water partition coefficient (Wildman–Crippen LogP) is 2.00. The molecule has 0 N–H and O–H groups in total. The minimum Gasteiger partial charge on any atom is -0.338 e. The first-order chi connectivity index (χ1) is 13.5. The largest absolute Gasteiger partial charge is 0.338 e. The van der Waals surface area contributed by atoms with Crippen LogP contribution in [0.15, 0.2) is 35.3 Å². The molecule has 3 aromatic rings. The Morgan fingerprint density at radius 2 is 1.86 bits per heavy atom. The highest BCUT2D eigenvalue weighted by molar-refractivity contribution is 6.08. The zero-order chi connectivity index (χ0) is 19.8. The molecule has 1 amide bonds. The predicted molar refractivity (Wildman–Crippen MR) is 111 cm³/mol. The molecule has 1 aromatic carbocycles. The Kier molecular flexibility index (Phi) is 4.93. The van der Waals surface area contributed by atoms with Crippen LogP contribution in [-0.2, 0) is 11.8 Å². The molecule has 2 aromatic heterocycles. The molecule has 1 fully saturated rings. The molecule has 148 valence electrons. The molecule has 1 unspecified atom stereocenters. The third kappa shape index (κ3) is 2.99. The van der Waals surface area contributed by atoms with Crippen molar-refractivity contribution < 1.29 is 4.79 Å². The number of rotatable bonds is 4. The summed E-state index contributed by atoms with van der Waals surface area (Å²) in [7, 11) is 1.64. The second-order valence-corrected chi connectivity index (χ2v) is 7.57. The lowest BCUT2D eigenvalue weighted by Crippen LogP contribution is -2.50. The summed E-state index contributed by atoms with van der Waals surface area (Å²) in [6.07, 6.45) is 2.85. The lowest BCUT2D eigenvalue weighted by atomic mass is 10.2. The maximum absolute atomic E-state index is 13.3. The minimum atomic E-state index is -0.449. The highest BCUT2D eigenvalue weighted by Crippen LogP contribution is 2.30. The highest BCUT2D eigenvalue weighted by Gasteiger charge is 2.28. The van der Waals surface area contributed by atoms with Gasteiger partial charge in [-0.05, 0) is 26.0 Å². The molecule has 1 atom stereocenters. The number of aryl methyl sites for hydroxylation is 1. The van der Waals surface area contributed by atoms with Crippen LogP contribution in [0, 0.1) is 0 Å². The Hall–Kier alpha value is -2.67. The van der Waals surface area contributed by atoms with E-state index in [1.54, 1.807) is 13.2 Å². The van der Waals surface area contributed by atoms with Gasteiger partial charge in [-0.25, -0.2) is 4.68 Å². The monoisotopic (exact) mass is 381 g/mol. The van der Waals surface area contributed by atoms with Crippen LogP contribution in [0.3, 0.4) is 0 Å². The van der Waals surface area contributed by atoms with Crippen molar-refractivity contribution in [3.8, 4) is 0 Å². The van der Waals surface area contributed by atoms with Crippen LogP contribution in [0.5, 0.6) is 0 Å².